The molecular weight excluding hydrogens is 221 g/mol. The number of aryl methyl sites for hydroxylation is 1. The lowest BCUT2D eigenvalue weighted by molar-refractivity contribution is 0.0808. The molecule has 1 rings (SSSR count). The molecule has 0 unspecified atom stereocenters. The topological polar surface area (TPSA) is 44.5 Å². The summed E-state index contributed by atoms with van der Waals surface area (Å²) in [5, 5.41) is 0. The molecule has 0 aliphatic rings. The van der Waals surface area contributed by atoms with Crippen molar-refractivity contribution in [2.45, 2.75) is 20.8 Å². The first-order valence-corrected chi connectivity index (χ1v) is 5.77. The standard InChI is InChI=1S/C13H20FNO2/c1-9(2)8-16-4-5-17-13-6-10(3)12(15)7-11(13)14/h6-7,9H,4-5,8,15H2,1-3H3. The maximum atomic E-state index is 13.4. The van der Waals surface area contributed by atoms with Gasteiger partial charge >= 0.3 is 0 Å². The van der Waals surface area contributed by atoms with E-state index in [1.54, 1.807) is 6.07 Å². The van der Waals surface area contributed by atoms with E-state index in [2.05, 4.69) is 13.8 Å². The average Bonchev–Trinajstić information content (AvgIpc) is 2.24. The lowest BCUT2D eigenvalue weighted by atomic mass is 10.2. The van der Waals surface area contributed by atoms with E-state index < -0.39 is 5.82 Å². The van der Waals surface area contributed by atoms with Gasteiger partial charge in [-0.3, -0.25) is 0 Å². The van der Waals surface area contributed by atoms with E-state index in [1.165, 1.54) is 6.07 Å². The van der Waals surface area contributed by atoms with Gasteiger partial charge in [-0.15, -0.1) is 0 Å². The molecule has 1 aromatic rings. The molecule has 0 aliphatic heterocycles. The fraction of sp³-hybridized carbons (Fsp3) is 0.538. The third-order valence-corrected chi connectivity index (χ3v) is 2.26. The third-order valence-electron chi connectivity index (χ3n) is 2.26. The predicted molar refractivity (Wildman–Crippen MR) is 66.7 cm³/mol. The molecule has 0 radical (unpaired) electrons. The van der Waals surface area contributed by atoms with Gasteiger partial charge in [0.1, 0.15) is 6.61 Å². The molecule has 0 saturated heterocycles. The van der Waals surface area contributed by atoms with Crippen molar-refractivity contribution >= 4 is 5.69 Å². The SMILES string of the molecule is Cc1cc(OCCOCC(C)C)c(F)cc1N. The van der Waals surface area contributed by atoms with Crippen LogP contribution >= 0.6 is 0 Å². The van der Waals surface area contributed by atoms with Crippen LogP contribution in [-0.4, -0.2) is 19.8 Å². The van der Waals surface area contributed by atoms with E-state index in [4.69, 9.17) is 15.2 Å². The van der Waals surface area contributed by atoms with Crippen LogP contribution in [0.4, 0.5) is 10.1 Å². The minimum absolute atomic E-state index is 0.227. The van der Waals surface area contributed by atoms with Crippen molar-refractivity contribution in [1.29, 1.82) is 0 Å². The average molecular weight is 241 g/mol. The maximum Gasteiger partial charge on any atom is 0.167 e. The highest BCUT2D eigenvalue weighted by Crippen LogP contribution is 2.23. The van der Waals surface area contributed by atoms with Gasteiger partial charge in [0.05, 0.1) is 6.61 Å². The summed E-state index contributed by atoms with van der Waals surface area (Å²) in [6.45, 7) is 7.45. The number of rotatable bonds is 6. The summed E-state index contributed by atoms with van der Waals surface area (Å²) in [6.07, 6.45) is 0. The van der Waals surface area contributed by atoms with Crippen molar-refractivity contribution in [2.24, 2.45) is 5.92 Å². The second kappa shape index (κ2) is 6.45. The second-order valence-electron chi connectivity index (χ2n) is 4.46. The number of ether oxygens (including phenoxy) is 2. The molecule has 2 N–H and O–H groups in total. The Morgan fingerprint density at radius 1 is 1.29 bits per heavy atom. The Morgan fingerprint density at radius 3 is 2.65 bits per heavy atom. The molecule has 3 nitrogen and oxygen atoms in total. The Morgan fingerprint density at radius 2 is 2.00 bits per heavy atom. The molecule has 0 amide bonds. The molecular formula is C13H20FNO2. The summed E-state index contributed by atoms with van der Waals surface area (Å²) in [5.41, 5.74) is 6.82. The first-order valence-electron chi connectivity index (χ1n) is 5.77. The van der Waals surface area contributed by atoms with Gasteiger partial charge in [-0.05, 0) is 24.5 Å². The summed E-state index contributed by atoms with van der Waals surface area (Å²) in [7, 11) is 0. The van der Waals surface area contributed by atoms with E-state index in [-0.39, 0.29) is 5.75 Å². The van der Waals surface area contributed by atoms with Crippen molar-refractivity contribution in [3.8, 4) is 5.75 Å². The normalized spacial score (nSPS) is 10.9. The fourth-order valence-electron chi connectivity index (χ4n) is 1.31. The molecule has 17 heavy (non-hydrogen) atoms. The minimum Gasteiger partial charge on any atom is -0.488 e. The number of benzene rings is 1. The monoisotopic (exact) mass is 241 g/mol. The van der Waals surface area contributed by atoms with Crippen molar-refractivity contribution in [1.82, 2.24) is 0 Å². The highest BCUT2D eigenvalue weighted by atomic mass is 19.1. The van der Waals surface area contributed by atoms with Crippen molar-refractivity contribution in [2.75, 3.05) is 25.6 Å². The zero-order valence-electron chi connectivity index (χ0n) is 10.6. The third kappa shape index (κ3) is 4.61. The minimum atomic E-state index is -0.433. The first-order chi connectivity index (χ1) is 8.00. The van der Waals surface area contributed by atoms with Crippen LogP contribution < -0.4 is 10.5 Å². The van der Waals surface area contributed by atoms with Gasteiger partial charge in [-0.25, -0.2) is 4.39 Å². The van der Waals surface area contributed by atoms with E-state index in [9.17, 15) is 4.39 Å². The van der Waals surface area contributed by atoms with Crippen LogP contribution in [0.25, 0.3) is 0 Å². The molecule has 0 aromatic heterocycles. The summed E-state index contributed by atoms with van der Waals surface area (Å²) in [6, 6.07) is 2.88. The van der Waals surface area contributed by atoms with Gasteiger partial charge in [-0.1, -0.05) is 13.8 Å². The molecule has 4 heteroatoms. The van der Waals surface area contributed by atoms with Gasteiger partial charge in [0, 0.05) is 18.4 Å². The zero-order chi connectivity index (χ0) is 12.8. The molecule has 96 valence electrons. The summed E-state index contributed by atoms with van der Waals surface area (Å²) in [4.78, 5) is 0. The number of hydrogen-bond acceptors (Lipinski definition) is 3. The van der Waals surface area contributed by atoms with E-state index in [0.29, 0.717) is 31.4 Å². The van der Waals surface area contributed by atoms with Crippen LogP contribution in [-0.2, 0) is 4.74 Å². The van der Waals surface area contributed by atoms with Gasteiger partial charge in [-0.2, -0.15) is 0 Å². The number of nitrogen functional groups attached to an aromatic ring is 1. The van der Waals surface area contributed by atoms with Gasteiger partial charge < -0.3 is 15.2 Å². The van der Waals surface area contributed by atoms with E-state index in [1.807, 2.05) is 6.92 Å². The molecule has 0 fully saturated rings. The molecule has 0 heterocycles. The molecule has 0 saturated carbocycles. The number of halogens is 1. The van der Waals surface area contributed by atoms with Crippen LogP contribution in [0.1, 0.15) is 19.4 Å². The Labute approximate surface area is 102 Å². The highest BCUT2D eigenvalue weighted by molar-refractivity contribution is 5.50. The Kier molecular flexibility index (Phi) is 5.22. The van der Waals surface area contributed by atoms with Gasteiger partial charge in [0.2, 0.25) is 0 Å². The van der Waals surface area contributed by atoms with Crippen molar-refractivity contribution in [3.63, 3.8) is 0 Å². The molecule has 1 aromatic carbocycles. The van der Waals surface area contributed by atoms with Crippen LogP contribution in [0.15, 0.2) is 12.1 Å². The van der Waals surface area contributed by atoms with Crippen molar-refractivity contribution in [3.05, 3.63) is 23.5 Å². The largest absolute Gasteiger partial charge is 0.488 e. The van der Waals surface area contributed by atoms with Crippen molar-refractivity contribution < 1.29 is 13.9 Å². The molecule has 0 atom stereocenters. The zero-order valence-corrected chi connectivity index (χ0v) is 10.6. The lowest BCUT2D eigenvalue weighted by Gasteiger charge is -2.10. The van der Waals surface area contributed by atoms with Gasteiger partial charge in [0.25, 0.3) is 0 Å². The number of hydrogen-bond donors (Lipinski definition) is 1. The van der Waals surface area contributed by atoms with Crippen LogP contribution in [0.2, 0.25) is 0 Å². The van der Waals surface area contributed by atoms with E-state index in [0.717, 1.165) is 5.56 Å². The summed E-state index contributed by atoms with van der Waals surface area (Å²) in [5.74, 6) is 0.285. The summed E-state index contributed by atoms with van der Waals surface area (Å²) < 4.78 is 24.1. The lowest BCUT2D eigenvalue weighted by Crippen LogP contribution is -2.11. The Balaban J connectivity index is 2.39. The van der Waals surface area contributed by atoms with Crippen LogP contribution in [0.3, 0.4) is 0 Å². The number of nitrogens with two attached hydrogens (primary N) is 1. The quantitative estimate of drug-likeness (QED) is 0.615. The van der Waals surface area contributed by atoms with Crippen LogP contribution in [0, 0.1) is 18.7 Å². The number of anilines is 1. The smallest absolute Gasteiger partial charge is 0.167 e. The second-order valence-corrected chi connectivity index (χ2v) is 4.46. The molecule has 0 bridgehead atoms. The van der Waals surface area contributed by atoms with Gasteiger partial charge in [0.15, 0.2) is 11.6 Å². The fourth-order valence-corrected chi connectivity index (χ4v) is 1.31. The first kappa shape index (κ1) is 13.8. The van der Waals surface area contributed by atoms with E-state index >= 15 is 0 Å². The maximum absolute atomic E-state index is 13.4. The predicted octanol–water partition coefficient (Wildman–Crippen LogP) is 2.77. The Bertz CT molecular complexity index is 367. The van der Waals surface area contributed by atoms with Crippen LogP contribution in [0.5, 0.6) is 5.75 Å². The molecule has 0 spiro atoms. The Hall–Kier alpha value is -1.29. The summed E-state index contributed by atoms with van der Waals surface area (Å²) >= 11 is 0. The molecule has 0 aliphatic carbocycles. The highest BCUT2D eigenvalue weighted by Gasteiger charge is 2.06.